The van der Waals surface area contributed by atoms with E-state index in [1.165, 1.54) is 4.90 Å². The van der Waals surface area contributed by atoms with E-state index in [9.17, 15) is 0 Å². The molecule has 5 nitrogen and oxygen atoms in total. The molecule has 0 aromatic carbocycles. The lowest BCUT2D eigenvalue weighted by molar-refractivity contribution is -0.0350. The van der Waals surface area contributed by atoms with Crippen molar-refractivity contribution in [2.75, 3.05) is 27.9 Å². The molecule has 0 spiro atoms. The first-order valence-electron chi connectivity index (χ1n) is 3.22. The van der Waals surface area contributed by atoms with Crippen molar-refractivity contribution in [3.63, 3.8) is 0 Å². The average Bonchev–Trinajstić information content (AvgIpc) is 1.98. The van der Waals surface area contributed by atoms with E-state index < -0.39 is 0 Å². The minimum Gasteiger partial charge on any atom is -0.380 e. The first-order chi connectivity index (χ1) is 5.13. The van der Waals surface area contributed by atoms with Crippen LogP contribution >= 0.6 is 0 Å². The van der Waals surface area contributed by atoms with Gasteiger partial charge in [-0.2, -0.15) is 0 Å². The van der Waals surface area contributed by atoms with Crippen molar-refractivity contribution in [3.05, 3.63) is 0 Å². The molecule has 0 aromatic heterocycles. The number of rotatable bonds is 4. The molecule has 11 heavy (non-hydrogen) atoms. The maximum absolute atomic E-state index is 7.08. The van der Waals surface area contributed by atoms with Crippen molar-refractivity contribution in [2.45, 2.75) is 6.23 Å². The summed E-state index contributed by atoms with van der Waals surface area (Å²) in [5.74, 6) is -0.0334. The molecule has 0 bridgehead atoms. The summed E-state index contributed by atoms with van der Waals surface area (Å²) in [6.45, 7) is 0.395. The van der Waals surface area contributed by atoms with E-state index in [2.05, 4.69) is 0 Å². The average molecular weight is 161 g/mol. The van der Waals surface area contributed by atoms with Gasteiger partial charge in [-0.05, 0) is 0 Å². The van der Waals surface area contributed by atoms with Gasteiger partial charge in [-0.25, -0.2) is 0 Å². The van der Waals surface area contributed by atoms with Crippen LogP contribution in [0.15, 0.2) is 0 Å². The number of hydrogen-bond acceptors (Lipinski definition) is 3. The standard InChI is InChI=1S/C6H15N3O2/c1-9(6(7)8)5(11-3)4-10-2/h5H,4H2,1-3H3,(H3,7,8). The van der Waals surface area contributed by atoms with Crippen molar-refractivity contribution in [2.24, 2.45) is 5.73 Å². The van der Waals surface area contributed by atoms with Gasteiger partial charge in [-0.3, -0.25) is 5.41 Å². The summed E-state index contributed by atoms with van der Waals surface area (Å²) >= 11 is 0. The second-order valence-electron chi connectivity index (χ2n) is 2.14. The summed E-state index contributed by atoms with van der Waals surface area (Å²) in [7, 11) is 4.79. The fourth-order valence-electron chi connectivity index (χ4n) is 0.636. The van der Waals surface area contributed by atoms with E-state index in [-0.39, 0.29) is 12.2 Å². The predicted molar refractivity (Wildman–Crippen MR) is 42.4 cm³/mol. The van der Waals surface area contributed by atoms with Crippen LogP contribution in [-0.4, -0.2) is 45.0 Å². The third kappa shape index (κ3) is 3.20. The number of methoxy groups -OCH3 is 2. The number of guanidine groups is 1. The van der Waals surface area contributed by atoms with E-state index in [4.69, 9.17) is 20.6 Å². The van der Waals surface area contributed by atoms with Gasteiger partial charge < -0.3 is 20.1 Å². The number of nitrogens with zero attached hydrogens (tertiary/aromatic N) is 1. The fraction of sp³-hybridized carbons (Fsp3) is 0.833. The van der Waals surface area contributed by atoms with Gasteiger partial charge in [0.2, 0.25) is 0 Å². The minimum atomic E-state index is -0.280. The molecule has 0 aliphatic heterocycles. The van der Waals surface area contributed by atoms with Gasteiger partial charge in [0, 0.05) is 21.3 Å². The third-order valence-corrected chi connectivity index (χ3v) is 1.39. The Labute approximate surface area is 66.6 Å². The fourth-order valence-corrected chi connectivity index (χ4v) is 0.636. The second kappa shape index (κ2) is 4.92. The predicted octanol–water partition coefficient (Wildman–Crippen LogP) is -0.569. The first kappa shape index (κ1) is 10.2. The second-order valence-corrected chi connectivity index (χ2v) is 2.14. The lowest BCUT2D eigenvalue weighted by Gasteiger charge is -2.25. The number of hydrogen-bond donors (Lipinski definition) is 2. The highest BCUT2D eigenvalue weighted by molar-refractivity contribution is 5.74. The summed E-state index contributed by atoms with van der Waals surface area (Å²) in [5.41, 5.74) is 5.22. The van der Waals surface area contributed by atoms with Gasteiger partial charge in [0.1, 0.15) is 0 Å². The Kier molecular flexibility index (Phi) is 4.56. The van der Waals surface area contributed by atoms with E-state index in [1.54, 1.807) is 21.3 Å². The van der Waals surface area contributed by atoms with Crippen LogP contribution in [0.4, 0.5) is 0 Å². The summed E-state index contributed by atoms with van der Waals surface area (Å²) < 4.78 is 9.84. The SMILES string of the molecule is COCC(OC)N(C)C(=N)N. The molecule has 0 radical (unpaired) electrons. The van der Waals surface area contributed by atoms with E-state index >= 15 is 0 Å². The van der Waals surface area contributed by atoms with Crippen molar-refractivity contribution < 1.29 is 9.47 Å². The number of likely N-dealkylation sites (N-methyl/N-ethyl adjacent to an activating group) is 1. The molecule has 0 saturated carbocycles. The molecular weight excluding hydrogens is 146 g/mol. The Morgan fingerprint density at radius 2 is 2.18 bits per heavy atom. The quantitative estimate of drug-likeness (QED) is 0.329. The zero-order valence-electron chi connectivity index (χ0n) is 7.13. The van der Waals surface area contributed by atoms with Crippen molar-refractivity contribution in [3.8, 4) is 0 Å². The molecule has 0 fully saturated rings. The highest BCUT2D eigenvalue weighted by Crippen LogP contribution is 1.95. The van der Waals surface area contributed by atoms with Gasteiger partial charge in [0.25, 0.3) is 0 Å². The van der Waals surface area contributed by atoms with E-state index in [0.29, 0.717) is 6.61 Å². The normalized spacial score (nSPS) is 12.6. The Morgan fingerprint density at radius 3 is 2.45 bits per heavy atom. The lowest BCUT2D eigenvalue weighted by atomic mass is 10.5. The summed E-state index contributed by atoms with van der Waals surface area (Å²) in [6, 6.07) is 0. The summed E-state index contributed by atoms with van der Waals surface area (Å²) in [5, 5.41) is 7.08. The van der Waals surface area contributed by atoms with Crippen molar-refractivity contribution >= 4 is 5.96 Å². The van der Waals surface area contributed by atoms with Gasteiger partial charge in [-0.1, -0.05) is 0 Å². The zero-order valence-corrected chi connectivity index (χ0v) is 7.13. The van der Waals surface area contributed by atoms with Gasteiger partial charge in [-0.15, -0.1) is 0 Å². The molecule has 0 aliphatic rings. The Bertz CT molecular complexity index is 129. The van der Waals surface area contributed by atoms with Gasteiger partial charge in [0.15, 0.2) is 12.2 Å². The molecule has 66 valence electrons. The third-order valence-electron chi connectivity index (χ3n) is 1.39. The molecule has 1 unspecified atom stereocenters. The van der Waals surface area contributed by atoms with E-state index in [1.807, 2.05) is 0 Å². The molecule has 0 saturated heterocycles. The summed E-state index contributed by atoms with van der Waals surface area (Å²) in [4.78, 5) is 1.49. The smallest absolute Gasteiger partial charge is 0.190 e. The topological polar surface area (TPSA) is 71.6 Å². The molecule has 3 N–H and O–H groups in total. The van der Waals surface area contributed by atoms with Crippen LogP contribution in [0.25, 0.3) is 0 Å². The number of nitrogens with two attached hydrogens (primary N) is 1. The number of ether oxygens (including phenoxy) is 2. The van der Waals surface area contributed by atoms with Crippen LogP contribution in [0.2, 0.25) is 0 Å². The van der Waals surface area contributed by atoms with Crippen molar-refractivity contribution in [1.29, 1.82) is 5.41 Å². The molecular formula is C6H15N3O2. The van der Waals surface area contributed by atoms with Gasteiger partial charge in [0.05, 0.1) is 6.61 Å². The molecule has 0 aliphatic carbocycles. The Balaban J connectivity index is 3.91. The maximum atomic E-state index is 7.08. The molecule has 0 heterocycles. The highest BCUT2D eigenvalue weighted by Gasteiger charge is 2.13. The number of nitrogens with one attached hydrogen (secondary N) is 1. The van der Waals surface area contributed by atoms with Crippen LogP contribution in [-0.2, 0) is 9.47 Å². The molecule has 0 rings (SSSR count). The van der Waals surface area contributed by atoms with Crippen LogP contribution in [0.1, 0.15) is 0 Å². The largest absolute Gasteiger partial charge is 0.380 e. The van der Waals surface area contributed by atoms with Crippen LogP contribution in [0.5, 0.6) is 0 Å². The Hall–Kier alpha value is -0.810. The maximum Gasteiger partial charge on any atom is 0.190 e. The summed E-state index contributed by atoms with van der Waals surface area (Å²) in [6.07, 6.45) is -0.280. The zero-order chi connectivity index (χ0) is 8.85. The van der Waals surface area contributed by atoms with Crippen molar-refractivity contribution in [1.82, 2.24) is 4.90 Å². The molecule has 1 atom stereocenters. The Morgan fingerprint density at radius 1 is 1.64 bits per heavy atom. The molecule has 0 amide bonds. The molecule has 0 aromatic rings. The highest BCUT2D eigenvalue weighted by atomic mass is 16.5. The first-order valence-corrected chi connectivity index (χ1v) is 3.22. The van der Waals surface area contributed by atoms with Gasteiger partial charge >= 0.3 is 0 Å². The van der Waals surface area contributed by atoms with Crippen LogP contribution < -0.4 is 5.73 Å². The minimum absolute atomic E-state index is 0.0334. The molecule has 5 heteroatoms. The van der Waals surface area contributed by atoms with E-state index in [0.717, 1.165) is 0 Å². The monoisotopic (exact) mass is 161 g/mol. The van der Waals surface area contributed by atoms with Crippen LogP contribution in [0, 0.1) is 5.41 Å². The van der Waals surface area contributed by atoms with Crippen LogP contribution in [0.3, 0.4) is 0 Å². The lowest BCUT2D eigenvalue weighted by Crippen LogP contribution is -2.44.